The highest BCUT2D eigenvalue weighted by atomic mass is 79.9. The highest BCUT2D eigenvalue weighted by Gasteiger charge is 2.27. The van der Waals surface area contributed by atoms with Crippen molar-refractivity contribution < 1.29 is 0 Å². The summed E-state index contributed by atoms with van der Waals surface area (Å²) in [5, 5.41) is 3.76. The average molecular weight is 316 g/mol. The van der Waals surface area contributed by atoms with Crippen LogP contribution >= 0.6 is 27.3 Å². The second-order valence-corrected chi connectivity index (χ2v) is 7.48. The van der Waals surface area contributed by atoms with Gasteiger partial charge < -0.3 is 5.32 Å². The molecule has 1 atom stereocenters. The lowest BCUT2D eigenvalue weighted by atomic mass is 9.96. The third kappa shape index (κ3) is 3.33. The van der Waals surface area contributed by atoms with E-state index in [0.29, 0.717) is 6.04 Å². The maximum Gasteiger partial charge on any atom is 0.0731 e. The third-order valence-corrected chi connectivity index (χ3v) is 5.89. The number of hydrogen-bond acceptors (Lipinski definition) is 2. The monoisotopic (exact) mass is 315 g/mol. The number of aryl methyl sites for hydroxylation is 1. The summed E-state index contributed by atoms with van der Waals surface area (Å²) in [5.41, 5.74) is 1.38. The molecule has 17 heavy (non-hydrogen) atoms. The summed E-state index contributed by atoms with van der Waals surface area (Å²) >= 11 is 5.57. The Bertz CT molecular complexity index is 336. The molecule has 2 rings (SSSR count). The molecule has 0 radical (unpaired) electrons. The Labute approximate surface area is 117 Å². The standard InChI is InChI=1S/C14H22BrNS/c1-3-8-16-13(11-6-4-5-7-11)12-9-10(2)14(15)17-12/h9,11,13,16H,3-8H2,1-2H3. The van der Waals surface area contributed by atoms with Crippen LogP contribution in [0.4, 0.5) is 0 Å². The first-order valence-electron chi connectivity index (χ1n) is 6.71. The highest BCUT2D eigenvalue weighted by Crippen LogP contribution is 2.40. The van der Waals surface area contributed by atoms with Gasteiger partial charge in [-0.1, -0.05) is 19.8 Å². The first-order chi connectivity index (χ1) is 8.22. The van der Waals surface area contributed by atoms with Crippen LogP contribution in [0.1, 0.15) is 55.5 Å². The number of nitrogens with one attached hydrogen (secondary N) is 1. The second kappa shape index (κ2) is 6.35. The molecule has 0 spiro atoms. The summed E-state index contributed by atoms with van der Waals surface area (Å²) in [6.45, 7) is 5.57. The summed E-state index contributed by atoms with van der Waals surface area (Å²) in [6.07, 6.45) is 6.85. The maximum atomic E-state index is 3.76. The van der Waals surface area contributed by atoms with Gasteiger partial charge in [0.15, 0.2) is 0 Å². The summed E-state index contributed by atoms with van der Waals surface area (Å²) < 4.78 is 1.30. The van der Waals surface area contributed by atoms with E-state index in [1.54, 1.807) is 0 Å². The molecule has 0 saturated heterocycles. The van der Waals surface area contributed by atoms with E-state index in [4.69, 9.17) is 0 Å². The van der Waals surface area contributed by atoms with E-state index in [1.807, 2.05) is 11.3 Å². The predicted octanol–water partition coefficient (Wildman–Crippen LogP) is 5.05. The molecular weight excluding hydrogens is 294 g/mol. The van der Waals surface area contributed by atoms with Gasteiger partial charge in [0, 0.05) is 10.9 Å². The van der Waals surface area contributed by atoms with Crippen molar-refractivity contribution in [2.24, 2.45) is 5.92 Å². The van der Waals surface area contributed by atoms with Crippen LogP contribution in [0.15, 0.2) is 9.85 Å². The lowest BCUT2D eigenvalue weighted by Gasteiger charge is -2.23. The largest absolute Gasteiger partial charge is 0.309 e. The van der Waals surface area contributed by atoms with Gasteiger partial charge in [-0.05, 0) is 66.2 Å². The quantitative estimate of drug-likeness (QED) is 0.801. The normalized spacial score (nSPS) is 18.8. The number of hydrogen-bond donors (Lipinski definition) is 1. The molecule has 1 aromatic heterocycles. The van der Waals surface area contributed by atoms with Gasteiger partial charge in [-0.25, -0.2) is 0 Å². The fourth-order valence-electron chi connectivity index (χ4n) is 2.73. The molecule has 0 aliphatic heterocycles. The summed E-state index contributed by atoms with van der Waals surface area (Å²) in [6, 6.07) is 2.95. The van der Waals surface area contributed by atoms with Crippen LogP contribution in [-0.2, 0) is 0 Å². The lowest BCUT2D eigenvalue weighted by Crippen LogP contribution is -2.27. The van der Waals surface area contributed by atoms with Crippen LogP contribution < -0.4 is 5.32 Å². The van der Waals surface area contributed by atoms with Crippen LogP contribution in [0, 0.1) is 12.8 Å². The van der Waals surface area contributed by atoms with E-state index in [1.165, 1.54) is 46.3 Å². The zero-order valence-corrected chi connectivity index (χ0v) is 13.2. The Hall–Kier alpha value is 0.140. The molecule has 1 aromatic rings. The topological polar surface area (TPSA) is 12.0 Å². The molecule has 0 aromatic carbocycles. The van der Waals surface area contributed by atoms with Gasteiger partial charge in [0.05, 0.1) is 3.79 Å². The smallest absolute Gasteiger partial charge is 0.0731 e. The minimum absolute atomic E-state index is 0.590. The minimum atomic E-state index is 0.590. The molecule has 1 fully saturated rings. The van der Waals surface area contributed by atoms with Crippen molar-refractivity contribution in [3.8, 4) is 0 Å². The molecule has 1 nitrogen and oxygen atoms in total. The molecule has 1 N–H and O–H groups in total. The molecule has 1 aliphatic carbocycles. The zero-order valence-electron chi connectivity index (χ0n) is 10.8. The van der Waals surface area contributed by atoms with Crippen LogP contribution in [0.3, 0.4) is 0 Å². The average Bonchev–Trinajstić information content (AvgIpc) is 2.92. The van der Waals surface area contributed by atoms with E-state index >= 15 is 0 Å². The van der Waals surface area contributed by atoms with Gasteiger partial charge in [-0.3, -0.25) is 0 Å². The molecule has 0 amide bonds. The van der Waals surface area contributed by atoms with Crippen LogP contribution in [0.5, 0.6) is 0 Å². The number of rotatable bonds is 5. The fourth-order valence-corrected chi connectivity index (χ4v) is 4.47. The molecule has 1 unspecified atom stereocenters. The Morgan fingerprint density at radius 1 is 1.47 bits per heavy atom. The van der Waals surface area contributed by atoms with Crippen molar-refractivity contribution in [3.63, 3.8) is 0 Å². The van der Waals surface area contributed by atoms with E-state index in [9.17, 15) is 0 Å². The van der Waals surface area contributed by atoms with Crippen molar-refractivity contribution >= 4 is 27.3 Å². The Morgan fingerprint density at radius 2 is 2.18 bits per heavy atom. The third-order valence-electron chi connectivity index (χ3n) is 3.67. The van der Waals surface area contributed by atoms with Crippen molar-refractivity contribution in [2.45, 2.75) is 52.0 Å². The van der Waals surface area contributed by atoms with Gasteiger partial charge in [0.1, 0.15) is 0 Å². The van der Waals surface area contributed by atoms with Gasteiger partial charge in [0.2, 0.25) is 0 Å². The van der Waals surface area contributed by atoms with Crippen molar-refractivity contribution in [2.75, 3.05) is 6.54 Å². The second-order valence-electron chi connectivity index (χ2n) is 5.08. The number of thiophene rings is 1. The molecular formula is C14H22BrNS. The minimum Gasteiger partial charge on any atom is -0.309 e. The fraction of sp³-hybridized carbons (Fsp3) is 0.714. The van der Waals surface area contributed by atoms with E-state index in [-0.39, 0.29) is 0 Å². The molecule has 96 valence electrons. The first kappa shape index (κ1) is 13.6. The van der Waals surface area contributed by atoms with Gasteiger partial charge in [0.25, 0.3) is 0 Å². The van der Waals surface area contributed by atoms with Crippen LogP contribution in [0.25, 0.3) is 0 Å². The highest BCUT2D eigenvalue weighted by molar-refractivity contribution is 9.11. The molecule has 1 aliphatic rings. The molecule has 1 saturated carbocycles. The molecule has 0 bridgehead atoms. The Morgan fingerprint density at radius 3 is 2.71 bits per heavy atom. The predicted molar refractivity (Wildman–Crippen MR) is 79.7 cm³/mol. The summed E-state index contributed by atoms with van der Waals surface area (Å²) in [7, 11) is 0. The molecule has 1 heterocycles. The Kier molecular flexibility index (Phi) is 5.07. The lowest BCUT2D eigenvalue weighted by molar-refractivity contribution is 0.373. The number of halogens is 1. The van der Waals surface area contributed by atoms with E-state index in [0.717, 1.165) is 12.5 Å². The van der Waals surface area contributed by atoms with Gasteiger partial charge >= 0.3 is 0 Å². The summed E-state index contributed by atoms with van der Waals surface area (Å²) in [5.74, 6) is 0.853. The van der Waals surface area contributed by atoms with Crippen LogP contribution in [-0.4, -0.2) is 6.54 Å². The SMILES string of the molecule is CCCNC(c1cc(C)c(Br)s1)C1CCCC1. The van der Waals surface area contributed by atoms with Crippen molar-refractivity contribution in [1.29, 1.82) is 0 Å². The van der Waals surface area contributed by atoms with E-state index < -0.39 is 0 Å². The molecule has 3 heteroatoms. The first-order valence-corrected chi connectivity index (χ1v) is 8.32. The van der Waals surface area contributed by atoms with Gasteiger partial charge in [-0.2, -0.15) is 0 Å². The van der Waals surface area contributed by atoms with E-state index in [2.05, 4.69) is 41.2 Å². The summed E-state index contributed by atoms with van der Waals surface area (Å²) in [4.78, 5) is 1.52. The van der Waals surface area contributed by atoms with Crippen LogP contribution in [0.2, 0.25) is 0 Å². The zero-order chi connectivity index (χ0) is 12.3. The maximum absolute atomic E-state index is 3.76. The van der Waals surface area contributed by atoms with Gasteiger partial charge in [-0.15, -0.1) is 11.3 Å². The van der Waals surface area contributed by atoms with Crippen molar-refractivity contribution in [3.05, 3.63) is 20.3 Å². The van der Waals surface area contributed by atoms with Crippen molar-refractivity contribution in [1.82, 2.24) is 5.32 Å². The Balaban J connectivity index is 2.13.